The third kappa shape index (κ3) is 1.26. The maximum absolute atomic E-state index is 5.45. The van der Waals surface area contributed by atoms with E-state index in [-0.39, 0.29) is 0 Å². The second-order valence-electron chi connectivity index (χ2n) is 2.49. The molecule has 2 heterocycles. The van der Waals surface area contributed by atoms with E-state index >= 15 is 0 Å². The van der Waals surface area contributed by atoms with Crippen LogP contribution in [0.5, 0.6) is 0 Å². The minimum absolute atomic E-state index is 0.511. The Morgan fingerprint density at radius 1 is 1.58 bits per heavy atom. The number of hydrogen-bond donors (Lipinski definition) is 2. The number of aromatic nitrogens is 2. The van der Waals surface area contributed by atoms with E-state index in [0.29, 0.717) is 6.54 Å². The molecule has 0 aliphatic carbocycles. The Morgan fingerprint density at radius 3 is 3.08 bits per heavy atom. The highest BCUT2D eigenvalue weighted by atomic mass is 32.1. The van der Waals surface area contributed by atoms with Crippen molar-refractivity contribution in [3.8, 4) is 11.3 Å². The van der Waals surface area contributed by atoms with Gasteiger partial charge in [-0.3, -0.25) is 5.10 Å². The number of aromatic amines is 1. The van der Waals surface area contributed by atoms with Crippen molar-refractivity contribution in [2.24, 2.45) is 5.73 Å². The van der Waals surface area contributed by atoms with Gasteiger partial charge in [-0.05, 0) is 17.5 Å². The van der Waals surface area contributed by atoms with Gasteiger partial charge in [0.15, 0.2) is 0 Å². The summed E-state index contributed by atoms with van der Waals surface area (Å²) in [6.45, 7) is 0.511. The Morgan fingerprint density at radius 2 is 2.50 bits per heavy atom. The summed E-state index contributed by atoms with van der Waals surface area (Å²) in [5, 5.41) is 11.1. The molecular formula is C8H9N3S. The van der Waals surface area contributed by atoms with Gasteiger partial charge in [0.2, 0.25) is 0 Å². The minimum atomic E-state index is 0.511. The van der Waals surface area contributed by atoms with Crippen LogP contribution in [0.1, 0.15) is 5.69 Å². The Bertz CT molecular complexity index is 350. The normalized spacial score (nSPS) is 10.4. The van der Waals surface area contributed by atoms with Crippen LogP contribution in [-0.4, -0.2) is 10.2 Å². The molecule has 3 N–H and O–H groups in total. The summed E-state index contributed by atoms with van der Waals surface area (Å²) in [5.41, 5.74) is 8.53. The van der Waals surface area contributed by atoms with E-state index in [1.165, 1.54) is 0 Å². The highest BCUT2D eigenvalue weighted by molar-refractivity contribution is 7.08. The second kappa shape index (κ2) is 3.08. The third-order valence-electron chi connectivity index (χ3n) is 1.67. The van der Waals surface area contributed by atoms with Crippen molar-refractivity contribution in [2.45, 2.75) is 6.54 Å². The highest BCUT2D eigenvalue weighted by Crippen LogP contribution is 2.19. The van der Waals surface area contributed by atoms with Crippen molar-refractivity contribution < 1.29 is 0 Å². The number of hydrogen-bond acceptors (Lipinski definition) is 3. The maximum Gasteiger partial charge on any atom is 0.0932 e. The molecule has 0 saturated heterocycles. The number of nitrogens with two attached hydrogens (primary N) is 1. The first-order valence-corrected chi connectivity index (χ1v) is 4.61. The number of thiophene rings is 1. The summed E-state index contributed by atoms with van der Waals surface area (Å²) in [5.74, 6) is 0. The topological polar surface area (TPSA) is 54.7 Å². The third-order valence-corrected chi connectivity index (χ3v) is 2.35. The van der Waals surface area contributed by atoms with Crippen LogP contribution in [-0.2, 0) is 6.54 Å². The molecule has 0 spiro atoms. The highest BCUT2D eigenvalue weighted by Gasteiger charge is 2.01. The van der Waals surface area contributed by atoms with Crippen molar-refractivity contribution in [3.05, 3.63) is 28.6 Å². The fourth-order valence-electron chi connectivity index (χ4n) is 1.02. The van der Waals surface area contributed by atoms with Gasteiger partial charge >= 0.3 is 0 Å². The first kappa shape index (κ1) is 7.52. The molecule has 0 amide bonds. The lowest BCUT2D eigenvalue weighted by Gasteiger charge is -1.85. The van der Waals surface area contributed by atoms with Crippen molar-refractivity contribution in [1.82, 2.24) is 10.2 Å². The molecule has 2 aromatic heterocycles. The molecule has 12 heavy (non-hydrogen) atoms. The van der Waals surface area contributed by atoms with Crippen LogP contribution in [0, 0.1) is 0 Å². The zero-order chi connectivity index (χ0) is 8.39. The van der Waals surface area contributed by atoms with E-state index in [0.717, 1.165) is 17.0 Å². The van der Waals surface area contributed by atoms with Gasteiger partial charge < -0.3 is 5.73 Å². The molecule has 0 aliphatic heterocycles. The van der Waals surface area contributed by atoms with Gasteiger partial charge in [-0.15, -0.1) is 0 Å². The Balaban J connectivity index is 2.35. The van der Waals surface area contributed by atoms with E-state index < -0.39 is 0 Å². The summed E-state index contributed by atoms with van der Waals surface area (Å²) in [6, 6.07) is 4.02. The predicted octanol–water partition coefficient (Wildman–Crippen LogP) is 1.60. The number of rotatable bonds is 2. The summed E-state index contributed by atoms with van der Waals surface area (Å²) in [7, 11) is 0. The average molecular weight is 179 g/mol. The monoisotopic (exact) mass is 179 g/mol. The van der Waals surface area contributed by atoms with Gasteiger partial charge in [0.25, 0.3) is 0 Å². The molecular weight excluding hydrogens is 170 g/mol. The summed E-state index contributed by atoms with van der Waals surface area (Å²) >= 11 is 1.67. The van der Waals surface area contributed by atoms with Crippen molar-refractivity contribution >= 4 is 11.3 Å². The predicted molar refractivity (Wildman–Crippen MR) is 49.8 cm³/mol. The zero-order valence-corrected chi connectivity index (χ0v) is 7.27. The molecule has 0 aliphatic rings. The first-order valence-electron chi connectivity index (χ1n) is 3.67. The molecule has 0 bridgehead atoms. The Labute approximate surface area is 74.2 Å². The van der Waals surface area contributed by atoms with Crippen LogP contribution in [0.15, 0.2) is 22.9 Å². The van der Waals surface area contributed by atoms with Gasteiger partial charge in [0.05, 0.1) is 5.69 Å². The lowest BCUT2D eigenvalue weighted by atomic mass is 10.2. The minimum Gasteiger partial charge on any atom is -0.325 e. The summed E-state index contributed by atoms with van der Waals surface area (Å²) in [6.07, 6.45) is 0. The Hall–Kier alpha value is -1.13. The van der Waals surface area contributed by atoms with Gasteiger partial charge in [-0.1, -0.05) is 0 Å². The van der Waals surface area contributed by atoms with Crippen molar-refractivity contribution in [3.63, 3.8) is 0 Å². The first-order chi connectivity index (χ1) is 5.90. The SMILES string of the molecule is NCc1cc(-c2ccsc2)n[nH]1. The lowest BCUT2D eigenvalue weighted by molar-refractivity contribution is 0.948. The molecule has 0 atom stereocenters. The van der Waals surface area contributed by atoms with E-state index in [2.05, 4.69) is 15.6 Å². The average Bonchev–Trinajstić information content (AvgIpc) is 2.75. The van der Waals surface area contributed by atoms with Crippen molar-refractivity contribution in [2.75, 3.05) is 0 Å². The van der Waals surface area contributed by atoms with Gasteiger partial charge in [0, 0.05) is 23.2 Å². The largest absolute Gasteiger partial charge is 0.325 e. The summed E-state index contributed by atoms with van der Waals surface area (Å²) < 4.78 is 0. The van der Waals surface area contributed by atoms with E-state index in [4.69, 9.17) is 5.73 Å². The van der Waals surface area contributed by atoms with Gasteiger partial charge in [-0.2, -0.15) is 16.4 Å². The quantitative estimate of drug-likeness (QED) is 0.735. The summed E-state index contributed by atoms with van der Waals surface area (Å²) in [4.78, 5) is 0. The van der Waals surface area contributed by atoms with E-state index in [1.807, 2.05) is 17.5 Å². The molecule has 2 rings (SSSR count). The molecule has 62 valence electrons. The standard InChI is InChI=1S/C8H9N3S/c9-4-7-3-8(11-10-7)6-1-2-12-5-6/h1-3,5H,4,9H2,(H,10,11). The van der Waals surface area contributed by atoms with Crippen LogP contribution in [0.3, 0.4) is 0 Å². The fourth-order valence-corrected chi connectivity index (χ4v) is 1.67. The fraction of sp³-hybridized carbons (Fsp3) is 0.125. The van der Waals surface area contributed by atoms with Crippen LogP contribution >= 0.6 is 11.3 Å². The number of nitrogens with one attached hydrogen (secondary N) is 1. The molecule has 0 radical (unpaired) electrons. The molecule has 0 aromatic carbocycles. The van der Waals surface area contributed by atoms with E-state index in [9.17, 15) is 0 Å². The van der Waals surface area contributed by atoms with Crippen molar-refractivity contribution in [1.29, 1.82) is 0 Å². The van der Waals surface area contributed by atoms with Gasteiger partial charge in [0.1, 0.15) is 0 Å². The maximum atomic E-state index is 5.45. The lowest BCUT2D eigenvalue weighted by Crippen LogP contribution is -1.95. The van der Waals surface area contributed by atoms with Crippen LogP contribution in [0.2, 0.25) is 0 Å². The molecule has 0 fully saturated rings. The van der Waals surface area contributed by atoms with Crippen LogP contribution < -0.4 is 5.73 Å². The number of nitrogens with zero attached hydrogens (tertiary/aromatic N) is 1. The zero-order valence-electron chi connectivity index (χ0n) is 6.45. The second-order valence-corrected chi connectivity index (χ2v) is 3.27. The van der Waals surface area contributed by atoms with Gasteiger partial charge in [-0.25, -0.2) is 0 Å². The smallest absolute Gasteiger partial charge is 0.0932 e. The molecule has 0 unspecified atom stereocenters. The molecule has 3 nitrogen and oxygen atoms in total. The molecule has 0 saturated carbocycles. The number of H-pyrrole nitrogens is 1. The van der Waals surface area contributed by atoms with E-state index in [1.54, 1.807) is 11.3 Å². The molecule has 2 aromatic rings. The van der Waals surface area contributed by atoms with Crippen LogP contribution in [0.4, 0.5) is 0 Å². The Kier molecular flexibility index (Phi) is 1.93. The molecule has 4 heteroatoms. The van der Waals surface area contributed by atoms with Crippen LogP contribution in [0.25, 0.3) is 11.3 Å².